The summed E-state index contributed by atoms with van der Waals surface area (Å²) in [5.74, 6) is -2.51. The molecule has 8 amide bonds. The summed E-state index contributed by atoms with van der Waals surface area (Å²) in [6, 6.07) is 3.15. The number of amides is 8. The van der Waals surface area contributed by atoms with Gasteiger partial charge >= 0.3 is 12.1 Å². The first kappa shape index (κ1) is 23.7. The van der Waals surface area contributed by atoms with Crippen molar-refractivity contribution in [2.45, 2.75) is 45.2 Å². The van der Waals surface area contributed by atoms with Crippen LogP contribution in [0.4, 0.5) is 15.3 Å². The van der Waals surface area contributed by atoms with Crippen molar-refractivity contribution in [3.8, 4) is 0 Å². The summed E-state index contributed by atoms with van der Waals surface area (Å²) in [4.78, 5) is 82.0. The molecule has 3 saturated heterocycles. The van der Waals surface area contributed by atoms with Gasteiger partial charge in [0.1, 0.15) is 5.57 Å². The number of nitrogens with one attached hydrogen (secondary N) is 1. The lowest BCUT2D eigenvalue weighted by atomic mass is 9.68. The van der Waals surface area contributed by atoms with Gasteiger partial charge in [-0.25, -0.2) is 9.59 Å². The molecule has 4 aliphatic rings. The van der Waals surface area contributed by atoms with Gasteiger partial charge in [-0.05, 0) is 62.4 Å². The Bertz CT molecular complexity index is 1260. The number of hydrogen-bond donors (Lipinski definition) is 1. The van der Waals surface area contributed by atoms with Crippen LogP contribution in [0.5, 0.6) is 0 Å². The summed E-state index contributed by atoms with van der Waals surface area (Å²) in [7, 11) is 2.78. The van der Waals surface area contributed by atoms with Gasteiger partial charge in [0.15, 0.2) is 5.41 Å². The van der Waals surface area contributed by atoms with Crippen molar-refractivity contribution < 1.29 is 28.8 Å². The molecule has 4 heterocycles. The third-order valence-corrected chi connectivity index (χ3v) is 7.61. The fourth-order valence-corrected chi connectivity index (χ4v) is 5.93. The Morgan fingerprint density at radius 1 is 1.03 bits per heavy atom. The second-order valence-corrected chi connectivity index (χ2v) is 9.98. The van der Waals surface area contributed by atoms with Gasteiger partial charge in [0.2, 0.25) is 11.8 Å². The second kappa shape index (κ2) is 8.00. The molecular weight excluding hydrogens is 466 g/mol. The van der Waals surface area contributed by atoms with Crippen LogP contribution in [0.15, 0.2) is 23.8 Å². The molecule has 3 fully saturated rings. The molecule has 36 heavy (non-hydrogen) atoms. The molecule has 11 nitrogen and oxygen atoms in total. The number of hydrogen-bond acceptors (Lipinski definition) is 7. The minimum Gasteiger partial charge on any atom is -0.367 e. The quantitative estimate of drug-likeness (QED) is 0.372. The lowest BCUT2D eigenvalue weighted by Gasteiger charge is -2.50. The number of benzene rings is 1. The van der Waals surface area contributed by atoms with Gasteiger partial charge in [-0.1, -0.05) is 6.07 Å². The average Bonchev–Trinajstić information content (AvgIpc) is 3.33. The Labute approximate surface area is 207 Å². The third kappa shape index (κ3) is 3.11. The smallest absolute Gasteiger partial charge is 0.332 e. The lowest BCUT2D eigenvalue weighted by Crippen LogP contribution is -2.70. The monoisotopic (exact) mass is 493 g/mol. The predicted molar refractivity (Wildman–Crippen MR) is 127 cm³/mol. The van der Waals surface area contributed by atoms with Crippen molar-refractivity contribution in [3.63, 3.8) is 0 Å². The van der Waals surface area contributed by atoms with E-state index in [1.54, 1.807) is 26.0 Å². The summed E-state index contributed by atoms with van der Waals surface area (Å²) >= 11 is 0. The molecule has 5 rings (SSSR count). The number of anilines is 1. The SMILES string of the molecule is CC(C)N1C(=O)NC(=O)/C(=C\c2ccc3c(c2)CC2(C(=O)N(C)C(=O)N(C)C2=O)C2CCCN32)C1=O. The Hall–Kier alpha value is -4.02. The van der Waals surface area contributed by atoms with Gasteiger partial charge in [0.05, 0.1) is 6.04 Å². The highest BCUT2D eigenvalue weighted by Gasteiger charge is 2.63. The molecule has 0 radical (unpaired) electrons. The van der Waals surface area contributed by atoms with Crippen molar-refractivity contribution in [2.24, 2.45) is 5.41 Å². The number of carbonyl (C=O) groups is 6. The van der Waals surface area contributed by atoms with E-state index >= 15 is 0 Å². The van der Waals surface area contributed by atoms with Crippen LogP contribution in [0, 0.1) is 5.41 Å². The molecule has 11 heteroatoms. The molecule has 1 atom stereocenters. The van der Waals surface area contributed by atoms with Crippen LogP contribution in [-0.4, -0.2) is 83.1 Å². The van der Waals surface area contributed by atoms with Gasteiger partial charge in [0.25, 0.3) is 11.8 Å². The predicted octanol–water partition coefficient (Wildman–Crippen LogP) is 1.12. The summed E-state index contributed by atoms with van der Waals surface area (Å²) in [6.45, 7) is 4.01. The van der Waals surface area contributed by atoms with Crippen LogP contribution in [-0.2, 0) is 25.6 Å². The van der Waals surface area contributed by atoms with E-state index in [4.69, 9.17) is 0 Å². The number of urea groups is 2. The van der Waals surface area contributed by atoms with E-state index in [2.05, 4.69) is 10.2 Å². The Morgan fingerprint density at radius 2 is 1.69 bits per heavy atom. The molecule has 188 valence electrons. The van der Waals surface area contributed by atoms with Crippen molar-refractivity contribution in [3.05, 3.63) is 34.9 Å². The number of nitrogens with zero attached hydrogens (tertiary/aromatic N) is 4. The molecule has 4 aliphatic heterocycles. The summed E-state index contributed by atoms with van der Waals surface area (Å²) in [5, 5.41) is 2.19. The Kier molecular flexibility index (Phi) is 5.27. The first-order valence-electron chi connectivity index (χ1n) is 11.9. The highest BCUT2D eigenvalue weighted by Crippen LogP contribution is 2.49. The van der Waals surface area contributed by atoms with E-state index in [0.29, 0.717) is 24.1 Å². The molecule has 1 aromatic rings. The van der Waals surface area contributed by atoms with Crippen molar-refractivity contribution in [1.82, 2.24) is 20.0 Å². The standard InChI is InChI=1S/C25H27N5O6/c1-13(2)30-20(32)16(19(31)26-23(30)35)11-14-7-8-17-15(10-14)12-25(18-6-5-9-29(17)18)21(33)27(3)24(36)28(4)22(25)34/h7-8,10-11,13,18H,5-6,9,12H2,1-4H3,(H,26,31,35)/b16-11+. The van der Waals surface area contributed by atoms with E-state index < -0.39 is 47.1 Å². The molecule has 1 aromatic carbocycles. The molecular formula is C25H27N5O6. The maximum atomic E-state index is 13.5. The summed E-state index contributed by atoms with van der Waals surface area (Å²) in [6.07, 6.45) is 2.95. The van der Waals surface area contributed by atoms with Crippen LogP contribution in [0.2, 0.25) is 0 Å². The molecule has 1 spiro atoms. The fourth-order valence-electron chi connectivity index (χ4n) is 5.93. The maximum Gasteiger partial charge on any atom is 0.332 e. The van der Waals surface area contributed by atoms with Gasteiger partial charge < -0.3 is 4.90 Å². The molecule has 1 unspecified atom stereocenters. The zero-order valence-electron chi connectivity index (χ0n) is 20.5. The van der Waals surface area contributed by atoms with Crippen LogP contribution < -0.4 is 10.2 Å². The maximum absolute atomic E-state index is 13.5. The van der Waals surface area contributed by atoms with Crippen LogP contribution >= 0.6 is 0 Å². The van der Waals surface area contributed by atoms with E-state index in [1.165, 1.54) is 20.2 Å². The van der Waals surface area contributed by atoms with Gasteiger partial charge in [-0.3, -0.25) is 39.2 Å². The number of imide groups is 4. The van der Waals surface area contributed by atoms with Crippen LogP contribution in [0.3, 0.4) is 0 Å². The molecule has 0 aliphatic carbocycles. The van der Waals surface area contributed by atoms with Gasteiger partial charge in [-0.15, -0.1) is 0 Å². The first-order chi connectivity index (χ1) is 17.0. The highest BCUT2D eigenvalue weighted by atomic mass is 16.2. The fraction of sp³-hybridized carbons (Fsp3) is 0.440. The minimum atomic E-state index is -1.44. The van der Waals surface area contributed by atoms with Gasteiger partial charge in [-0.2, -0.15) is 0 Å². The number of barbiturate groups is 2. The van der Waals surface area contributed by atoms with Crippen molar-refractivity contribution in [2.75, 3.05) is 25.5 Å². The van der Waals surface area contributed by atoms with Crippen molar-refractivity contribution in [1.29, 1.82) is 0 Å². The second-order valence-electron chi connectivity index (χ2n) is 9.98. The van der Waals surface area contributed by atoms with Crippen LogP contribution in [0.1, 0.15) is 37.8 Å². The number of carbonyl (C=O) groups excluding carboxylic acids is 6. The van der Waals surface area contributed by atoms with Gasteiger partial charge in [0, 0.05) is 32.4 Å². The Balaban J connectivity index is 1.59. The van der Waals surface area contributed by atoms with Crippen LogP contribution in [0.25, 0.3) is 6.08 Å². The topological polar surface area (TPSA) is 127 Å². The normalized spacial score (nSPS) is 24.8. The summed E-state index contributed by atoms with van der Waals surface area (Å²) in [5.41, 5.74) is 0.493. The van der Waals surface area contributed by atoms with E-state index in [9.17, 15) is 28.8 Å². The molecule has 1 N–H and O–H groups in total. The average molecular weight is 494 g/mol. The zero-order chi connectivity index (χ0) is 26.1. The molecule has 0 bridgehead atoms. The number of fused-ring (bicyclic) bond motifs is 4. The number of rotatable bonds is 2. The minimum absolute atomic E-state index is 0.0941. The molecule has 0 saturated carbocycles. The van der Waals surface area contributed by atoms with E-state index in [1.807, 2.05) is 6.07 Å². The highest BCUT2D eigenvalue weighted by molar-refractivity contribution is 6.31. The Morgan fingerprint density at radius 3 is 2.33 bits per heavy atom. The summed E-state index contributed by atoms with van der Waals surface area (Å²) < 4.78 is 0. The molecule has 0 aromatic heterocycles. The van der Waals surface area contributed by atoms with Crippen molar-refractivity contribution >= 4 is 47.5 Å². The zero-order valence-corrected chi connectivity index (χ0v) is 20.5. The lowest BCUT2D eigenvalue weighted by molar-refractivity contribution is -0.159. The largest absolute Gasteiger partial charge is 0.367 e. The van der Waals surface area contributed by atoms with E-state index in [-0.39, 0.29) is 18.0 Å². The third-order valence-electron chi connectivity index (χ3n) is 7.61. The van der Waals surface area contributed by atoms with E-state index in [0.717, 1.165) is 26.8 Å². The first-order valence-corrected chi connectivity index (χ1v) is 11.9.